The smallest absolute Gasteiger partial charge is 0.115 e. The second-order valence-electron chi connectivity index (χ2n) is 5.45. The Morgan fingerprint density at radius 1 is 1.26 bits per heavy atom. The highest BCUT2D eigenvalue weighted by molar-refractivity contribution is 5.51. The van der Waals surface area contributed by atoms with E-state index in [1.807, 2.05) is 18.2 Å². The maximum absolute atomic E-state index is 9.25. The van der Waals surface area contributed by atoms with Crippen molar-refractivity contribution in [2.75, 3.05) is 0 Å². The summed E-state index contributed by atoms with van der Waals surface area (Å²) in [5, 5.41) is 9.25. The lowest BCUT2D eigenvalue weighted by Gasteiger charge is -2.20. The number of phenolic OH excluding ortho intramolecular Hbond substituents is 1. The van der Waals surface area contributed by atoms with E-state index in [2.05, 4.69) is 45.6 Å². The number of benzene rings is 1. The Bertz CT molecular complexity index is 461. The standard InChI is InChI=1S/C18H24O/c1-5-18(4,13-6-7-15(2)3)14-12-16-8-10-17(19)11-9-16/h5,7-12,14,19H,1,6,13H2,2-4H3/b14-12-/t18-/m0/s1. The molecule has 0 aromatic heterocycles. The van der Waals surface area contributed by atoms with Gasteiger partial charge in [0.25, 0.3) is 0 Å². The normalized spacial score (nSPS) is 14.1. The first-order chi connectivity index (χ1) is 8.95. The minimum atomic E-state index is 0.00381. The van der Waals surface area contributed by atoms with Gasteiger partial charge in [-0.2, -0.15) is 0 Å². The molecule has 1 aromatic carbocycles. The molecular formula is C18H24O. The first kappa shape index (κ1) is 15.3. The third-order valence-electron chi connectivity index (χ3n) is 3.25. The molecule has 0 spiro atoms. The molecule has 0 saturated carbocycles. The van der Waals surface area contributed by atoms with E-state index in [1.54, 1.807) is 12.1 Å². The Labute approximate surface area is 117 Å². The van der Waals surface area contributed by atoms with Crippen LogP contribution in [-0.4, -0.2) is 5.11 Å². The highest BCUT2D eigenvalue weighted by Gasteiger charge is 2.14. The molecule has 0 aliphatic carbocycles. The van der Waals surface area contributed by atoms with Crippen LogP contribution in [0.4, 0.5) is 0 Å². The van der Waals surface area contributed by atoms with Crippen molar-refractivity contribution in [1.29, 1.82) is 0 Å². The molecule has 0 bridgehead atoms. The highest BCUT2D eigenvalue weighted by Crippen LogP contribution is 2.28. The van der Waals surface area contributed by atoms with Crippen molar-refractivity contribution in [2.45, 2.75) is 33.6 Å². The monoisotopic (exact) mass is 256 g/mol. The third kappa shape index (κ3) is 5.60. The zero-order valence-corrected chi connectivity index (χ0v) is 12.2. The lowest BCUT2D eigenvalue weighted by atomic mass is 9.84. The molecule has 0 aliphatic rings. The fourth-order valence-corrected chi connectivity index (χ4v) is 1.80. The van der Waals surface area contributed by atoms with E-state index < -0.39 is 0 Å². The predicted molar refractivity (Wildman–Crippen MR) is 84.1 cm³/mol. The summed E-state index contributed by atoms with van der Waals surface area (Å²) in [6.45, 7) is 10.4. The third-order valence-corrected chi connectivity index (χ3v) is 3.25. The summed E-state index contributed by atoms with van der Waals surface area (Å²) in [5.41, 5.74) is 2.45. The molecule has 0 aliphatic heterocycles. The molecule has 19 heavy (non-hydrogen) atoms. The van der Waals surface area contributed by atoms with Crippen molar-refractivity contribution in [2.24, 2.45) is 5.41 Å². The van der Waals surface area contributed by atoms with Crippen LogP contribution in [-0.2, 0) is 0 Å². The van der Waals surface area contributed by atoms with Crippen LogP contribution in [0.2, 0.25) is 0 Å². The summed E-state index contributed by atoms with van der Waals surface area (Å²) in [6, 6.07) is 7.22. The minimum Gasteiger partial charge on any atom is -0.508 e. The van der Waals surface area contributed by atoms with E-state index in [-0.39, 0.29) is 5.41 Å². The average Bonchev–Trinajstić information content (AvgIpc) is 2.38. The number of phenols is 1. The van der Waals surface area contributed by atoms with Crippen molar-refractivity contribution in [3.63, 3.8) is 0 Å². The topological polar surface area (TPSA) is 20.2 Å². The van der Waals surface area contributed by atoms with Crippen molar-refractivity contribution in [1.82, 2.24) is 0 Å². The van der Waals surface area contributed by atoms with Crippen LogP contribution in [0.1, 0.15) is 39.2 Å². The van der Waals surface area contributed by atoms with Gasteiger partial charge in [-0.3, -0.25) is 0 Å². The fourth-order valence-electron chi connectivity index (χ4n) is 1.80. The first-order valence-electron chi connectivity index (χ1n) is 6.70. The van der Waals surface area contributed by atoms with Gasteiger partial charge >= 0.3 is 0 Å². The van der Waals surface area contributed by atoms with Crippen LogP contribution in [0.25, 0.3) is 6.08 Å². The van der Waals surface area contributed by atoms with Gasteiger partial charge in [0.05, 0.1) is 0 Å². The van der Waals surface area contributed by atoms with Gasteiger partial charge in [-0.05, 0) is 44.4 Å². The molecule has 0 fully saturated rings. The molecule has 1 rings (SSSR count). The Morgan fingerprint density at radius 3 is 2.42 bits per heavy atom. The van der Waals surface area contributed by atoms with E-state index in [4.69, 9.17) is 0 Å². The van der Waals surface area contributed by atoms with Crippen LogP contribution >= 0.6 is 0 Å². The molecule has 0 unspecified atom stereocenters. The zero-order valence-electron chi connectivity index (χ0n) is 12.2. The molecule has 0 saturated heterocycles. The highest BCUT2D eigenvalue weighted by atomic mass is 16.3. The Morgan fingerprint density at radius 2 is 1.89 bits per heavy atom. The first-order valence-corrected chi connectivity index (χ1v) is 6.70. The molecule has 1 heteroatoms. The lowest BCUT2D eigenvalue weighted by Crippen LogP contribution is -2.08. The van der Waals surface area contributed by atoms with E-state index in [1.165, 1.54) is 5.57 Å². The fraction of sp³-hybridized carbons (Fsp3) is 0.333. The summed E-state index contributed by atoms with van der Waals surface area (Å²) < 4.78 is 0. The van der Waals surface area contributed by atoms with Gasteiger partial charge < -0.3 is 5.11 Å². The van der Waals surface area contributed by atoms with Gasteiger partial charge in [-0.25, -0.2) is 0 Å². The van der Waals surface area contributed by atoms with Crippen LogP contribution in [0.5, 0.6) is 5.75 Å². The molecular weight excluding hydrogens is 232 g/mol. The van der Waals surface area contributed by atoms with Gasteiger partial charge in [0, 0.05) is 5.41 Å². The summed E-state index contributed by atoms with van der Waals surface area (Å²) in [5.74, 6) is 0.298. The summed E-state index contributed by atoms with van der Waals surface area (Å²) in [6.07, 6.45) is 10.6. The van der Waals surface area contributed by atoms with Gasteiger partial charge in [0.2, 0.25) is 0 Å². The summed E-state index contributed by atoms with van der Waals surface area (Å²) >= 11 is 0. The molecule has 0 radical (unpaired) electrons. The number of allylic oxidation sites excluding steroid dienone is 4. The zero-order chi connectivity index (χ0) is 14.3. The predicted octanol–water partition coefficient (Wildman–Crippen LogP) is 5.34. The largest absolute Gasteiger partial charge is 0.508 e. The average molecular weight is 256 g/mol. The van der Waals surface area contributed by atoms with Crippen molar-refractivity contribution < 1.29 is 5.11 Å². The molecule has 1 nitrogen and oxygen atoms in total. The van der Waals surface area contributed by atoms with Crippen molar-refractivity contribution >= 4 is 6.08 Å². The minimum absolute atomic E-state index is 0.00381. The molecule has 1 aromatic rings. The lowest BCUT2D eigenvalue weighted by molar-refractivity contribution is 0.475. The second-order valence-corrected chi connectivity index (χ2v) is 5.45. The number of aromatic hydroxyl groups is 1. The van der Waals surface area contributed by atoms with Gasteiger partial charge in [0.15, 0.2) is 0 Å². The second kappa shape index (κ2) is 6.98. The van der Waals surface area contributed by atoms with Crippen LogP contribution in [0, 0.1) is 5.41 Å². The SMILES string of the molecule is C=C[C@](C)(/C=C\c1ccc(O)cc1)CCC=C(C)C. The van der Waals surface area contributed by atoms with Crippen LogP contribution < -0.4 is 0 Å². The molecule has 0 amide bonds. The van der Waals surface area contributed by atoms with Crippen LogP contribution in [0.3, 0.4) is 0 Å². The molecule has 1 N–H and O–H groups in total. The maximum atomic E-state index is 9.25. The Kier molecular flexibility index (Phi) is 5.62. The molecule has 1 atom stereocenters. The van der Waals surface area contributed by atoms with Crippen LogP contribution in [0.15, 0.2) is 54.6 Å². The van der Waals surface area contributed by atoms with E-state index >= 15 is 0 Å². The van der Waals surface area contributed by atoms with E-state index in [9.17, 15) is 5.11 Å². The van der Waals surface area contributed by atoms with E-state index in [0.29, 0.717) is 5.75 Å². The van der Waals surface area contributed by atoms with E-state index in [0.717, 1.165) is 18.4 Å². The van der Waals surface area contributed by atoms with Crippen molar-refractivity contribution in [3.05, 3.63) is 60.2 Å². The number of hydrogen-bond donors (Lipinski definition) is 1. The molecule has 102 valence electrons. The Balaban J connectivity index is 2.71. The molecule has 0 heterocycles. The Hall–Kier alpha value is -1.76. The maximum Gasteiger partial charge on any atom is 0.115 e. The number of hydrogen-bond acceptors (Lipinski definition) is 1. The summed E-state index contributed by atoms with van der Waals surface area (Å²) in [4.78, 5) is 0. The van der Waals surface area contributed by atoms with Gasteiger partial charge in [-0.1, -0.05) is 48.9 Å². The number of rotatable bonds is 6. The van der Waals surface area contributed by atoms with Gasteiger partial charge in [-0.15, -0.1) is 6.58 Å². The quantitative estimate of drug-likeness (QED) is 0.681. The van der Waals surface area contributed by atoms with Crippen molar-refractivity contribution in [3.8, 4) is 5.75 Å². The summed E-state index contributed by atoms with van der Waals surface area (Å²) in [7, 11) is 0. The van der Waals surface area contributed by atoms with Gasteiger partial charge in [0.1, 0.15) is 5.75 Å².